The highest BCUT2D eigenvalue weighted by molar-refractivity contribution is 7.89. The van der Waals surface area contributed by atoms with Crippen molar-refractivity contribution in [3.05, 3.63) is 77.9 Å². The molecule has 7 nitrogen and oxygen atoms in total. The second-order valence-corrected chi connectivity index (χ2v) is 10.00. The summed E-state index contributed by atoms with van der Waals surface area (Å²) in [6.45, 7) is 2.46. The molecule has 4 rings (SSSR count). The van der Waals surface area contributed by atoms with Gasteiger partial charge >= 0.3 is 5.97 Å². The molecule has 1 aliphatic rings. The van der Waals surface area contributed by atoms with E-state index in [0.717, 1.165) is 21.9 Å². The summed E-state index contributed by atoms with van der Waals surface area (Å²) < 4.78 is 32.7. The molecule has 1 aliphatic heterocycles. The third kappa shape index (κ3) is 5.23. The first-order chi connectivity index (χ1) is 15.8. The number of piperazine rings is 1. The molecule has 0 atom stereocenters. The summed E-state index contributed by atoms with van der Waals surface area (Å²) in [6.07, 6.45) is 0.109. The molecule has 0 radical (unpaired) electrons. The summed E-state index contributed by atoms with van der Waals surface area (Å²) in [5, 5.41) is 1.84. The van der Waals surface area contributed by atoms with Gasteiger partial charge in [0.1, 0.15) is 0 Å². The summed E-state index contributed by atoms with van der Waals surface area (Å²) in [7, 11) is -3.66. The molecule has 172 valence electrons. The van der Waals surface area contributed by atoms with Gasteiger partial charge in [0.25, 0.3) is 5.91 Å². The van der Waals surface area contributed by atoms with Crippen LogP contribution in [0.3, 0.4) is 0 Å². The number of benzene rings is 3. The molecule has 8 heteroatoms. The normalized spacial score (nSPS) is 14.9. The van der Waals surface area contributed by atoms with Gasteiger partial charge in [0, 0.05) is 26.2 Å². The zero-order chi connectivity index (χ0) is 23.4. The lowest BCUT2D eigenvalue weighted by molar-refractivity contribution is -0.152. The zero-order valence-electron chi connectivity index (χ0n) is 18.4. The SMILES string of the molecule is Cc1ccccc1CC(=O)OCC(=O)N1CCN(S(=O)(=O)c2ccc3ccccc3c2)CC1. The predicted octanol–water partition coefficient (Wildman–Crippen LogP) is 2.77. The summed E-state index contributed by atoms with van der Waals surface area (Å²) in [5.41, 5.74) is 1.85. The van der Waals surface area contributed by atoms with E-state index in [1.807, 2.05) is 55.5 Å². The smallest absolute Gasteiger partial charge is 0.310 e. The Hall–Kier alpha value is -3.23. The molecule has 0 saturated carbocycles. The number of carbonyl (C=O) groups is 2. The van der Waals surface area contributed by atoms with Crippen molar-refractivity contribution in [2.45, 2.75) is 18.2 Å². The predicted molar refractivity (Wildman–Crippen MR) is 125 cm³/mol. The van der Waals surface area contributed by atoms with Crippen molar-refractivity contribution >= 4 is 32.7 Å². The Kier molecular flexibility index (Phi) is 6.76. The van der Waals surface area contributed by atoms with Crippen molar-refractivity contribution in [3.63, 3.8) is 0 Å². The van der Waals surface area contributed by atoms with Crippen LogP contribution in [0.25, 0.3) is 10.8 Å². The van der Waals surface area contributed by atoms with Crippen LogP contribution in [0, 0.1) is 6.92 Å². The van der Waals surface area contributed by atoms with Crippen molar-refractivity contribution in [2.75, 3.05) is 32.8 Å². The second-order valence-electron chi connectivity index (χ2n) is 8.06. The van der Waals surface area contributed by atoms with Crippen LogP contribution < -0.4 is 0 Å². The van der Waals surface area contributed by atoms with E-state index >= 15 is 0 Å². The Bertz CT molecular complexity index is 1280. The van der Waals surface area contributed by atoms with Crippen molar-refractivity contribution in [1.29, 1.82) is 0 Å². The molecule has 1 saturated heterocycles. The average Bonchev–Trinajstić information content (AvgIpc) is 2.83. The number of hydrogen-bond acceptors (Lipinski definition) is 5. The molecule has 3 aromatic carbocycles. The van der Waals surface area contributed by atoms with Gasteiger partial charge in [0.2, 0.25) is 10.0 Å². The van der Waals surface area contributed by atoms with E-state index < -0.39 is 16.0 Å². The number of aryl methyl sites for hydroxylation is 1. The van der Waals surface area contributed by atoms with Crippen LogP contribution in [-0.4, -0.2) is 62.3 Å². The molecule has 1 heterocycles. The molecule has 1 amide bonds. The first-order valence-electron chi connectivity index (χ1n) is 10.8. The van der Waals surface area contributed by atoms with Gasteiger partial charge in [0.15, 0.2) is 6.61 Å². The van der Waals surface area contributed by atoms with Crippen LogP contribution in [0.5, 0.6) is 0 Å². The van der Waals surface area contributed by atoms with Gasteiger partial charge in [-0.2, -0.15) is 4.31 Å². The van der Waals surface area contributed by atoms with Gasteiger partial charge in [-0.3, -0.25) is 9.59 Å². The van der Waals surface area contributed by atoms with E-state index in [4.69, 9.17) is 4.74 Å². The van der Waals surface area contributed by atoms with E-state index in [-0.39, 0.29) is 50.0 Å². The van der Waals surface area contributed by atoms with E-state index in [1.54, 1.807) is 18.2 Å². The number of ether oxygens (including phenoxy) is 1. The summed E-state index contributed by atoms with van der Waals surface area (Å²) in [6, 6.07) is 20.2. The quantitative estimate of drug-likeness (QED) is 0.522. The summed E-state index contributed by atoms with van der Waals surface area (Å²) in [4.78, 5) is 26.4. The van der Waals surface area contributed by atoms with Crippen LogP contribution in [0.1, 0.15) is 11.1 Å². The molecule has 33 heavy (non-hydrogen) atoms. The lowest BCUT2D eigenvalue weighted by Gasteiger charge is -2.33. The van der Waals surface area contributed by atoms with Gasteiger partial charge in [-0.1, -0.05) is 54.6 Å². The van der Waals surface area contributed by atoms with Gasteiger partial charge in [-0.15, -0.1) is 0 Å². The molecule has 3 aromatic rings. The maximum absolute atomic E-state index is 13.1. The minimum absolute atomic E-state index is 0.109. The molecular formula is C25H26N2O5S. The summed E-state index contributed by atoms with van der Waals surface area (Å²) in [5.74, 6) is -0.786. The van der Waals surface area contributed by atoms with Crippen molar-refractivity contribution in [1.82, 2.24) is 9.21 Å². The molecule has 0 spiro atoms. The van der Waals surface area contributed by atoms with Gasteiger partial charge in [-0.25, -0.2) is 8.42 Å². The fraction of sp³-hybridized carbons (Fsp3) is 0.280. The lowest BCUT2D eigenvalue weighted by atomic mass is 10.1. The monoisotopic (exact) mass is 466 g/mol. The second kappa shape index (κ2) is 9.72. The van der Waals surface area contributed by atoms with Crippen LogP contribution in [-0.2, 0) is 30.8 Å². The maximum Gasteiger partial charge on any atom is 0.310 e. The average molecular weight is 467 g/mol. The fourth-order valence-electron chi connectivity index (χ4n) is 3.90. The molecule has 1 fully saturated rings. The van der Waals surface area contributed by atoms with Gasteiger partial charge in [-0.05, 0) is 41.0 Å². The minimum Gasteiger partial charge on any atom is -0.455 e. The van der Waals surface area contributed by atoms with Crippen LogP contribution in [0.2, 0.25) is 0 Å². The number of rotatable bonds is 6. The van der Waals surface area contributed by atoms with Gasteiger partial charge in [0.05, 0.1) is 11.3 Å². The third-order valence-corrected chi connectivity index (χ3v) is 7.80. The van der Waals surface area contributed by atoms with Crippen LogP contribution in [0.15, 0.2) is 71.6 Å². The Balaban J connectivity index is 1.30. The van der Waals surface area contributed by atoms with E-state index in [2.05, 4.69) is 0 Å². The number of hydrogen-bond donors (Lipinski definition) is 0. The minimum atomic E-state index is -3.66. The first kappa shape index (κ1) is 22.9. The van der Waals surface area contributed by atoms with Crippen LogP contribution in [0.4, 0.5) is 0 Å². The molecule has 0 aliphatic carbocycles. The van der Waals surface area contributed by atoms with Crippen molar-refractivity contribution < 1.29 is 22.7 Å². The molecule has 0 aromatic heterocycles. The Morgan fingerprint density at radius 2 is 1.55 bits per heavy atom. The Labute approximate surface area is 193 Å². The number of esters is 1. The summed E-state index contributed by atoms with van der Waals surface area (Å²) >= 11 is 0. The molecule has 0 N–H and O–H groups in total. The highest BCUT2D eigenvalue weighted by Crippen LogP contribution is 2.23. The highest BCUT2D eigenvalue weighted by Gasteiger charge is 2.30. The number of nitrogens with zero attached hydrogens (tertiary/aromatic N) is 2. The highest BCUT2D eigenvalue weighted by atomic mass is 32.2. The van der Waals surface area contributed by atoms with Gasteiger partial charge < -0.3 is 9.64 Å². The van der Waals surface area contributed by atoms with Crippen molar-refractivity contribution in [3.8, 4) is 0 Å². The lowest BCUT2D eigenvalue weighted by Crippen LogP contribution is -2.51. The Morgan fingerprint density at radius 3 is 2.27 bits per heavy atom. The van der Waals surface area contributed by atoms with E-state index in [1.165, 1.54) is 9.21 Å². The topological polar surface area (TPSA) is 84.0 Å². The first-order valence-corrected chi connectivity index (χ1v) is 12.3. The fourth-order valence-corrected chi connectivity index (χ4v) is 5.36. The van der Waals surface area contributed by atoms with Crippen LogP contribution >= 0.6 is 0 Å². The molecular weight excluding hydrogens is 440 g/mol. The number of fused-ring (bicyclic) bond motifs is 1. The molecule has 0 bridgehead atoms. The third-order valence-electron chi connectivity index (χ3n) is 5.90. The maximum atomic E-state index is 13.1. The largest absolute Gasteiger partial charge is 0.455 e. The zero-order valence-corrected chi connectivity index (χ0v) is 19.3. The van der Waals surface area contributed by atoms with Crippen molar-refractivity contribution in [2.24, 2.45) is 0 Å². The Morgan fingerprint density at radius 1 is 0.879 bits per heavy atom. The number of amides is 1. The number of sulfonamides is 1. The van der Waals surface area contributed by atoms with E-state index in [0.29, 0.717) is 0 Å². The molecule has 0 unspecified atom stereocenters. The number of carbonyl (C=O) groups excluding carboxylic acids is 2. The standard InChI is InChI=1S/C25H26N2O5S/c1-19-6-2-3-8-21(19)17-25(29)32-18-24(28)26-12-14-27(15-13-26)33(30,31)23-11-10-20-7-4-5-9-22(20)16-23/h2-11,16H,12-15,17-18H2,1H3. The van der Waals surface area contributed by atoms with E-state index in [9.17, 15) is 18.0 Å².